The Bertz CT molecular complexity index is 694. The van der Waals surface area contributed by atoms with Gasteiger partial charge in [0.15, 0.2) is 6.29 Å². The SMILES string of the molecule is C[C@@H]1CCC[C@H](C)N1C(=O)Cn1cc(C=O)c2ccccc21. The first-order valence-corrected chi connectivity index (χ1v) is 7.96. The fourth-order valence-corrected chi connectivity index (χ4v) is 3.64. The molecule has 1 fully saturated rings. The Morgan fingerprint density at radius 3 is 2.59 bits per heavy atom. The number of carbonyl (C=O) groups is 2. The highest BCUT2D eigenvalue weighted by atomic mass is 16.2. The number of hydrogen-bond donors (Lipinski definition) is 0. The van der Waals surface area contributed by atoms with E-state index in [0.717, 1.165) is 30.0 Å². The Labute approximate surface area is 130 Å². The molecular formula is C18H22N2O2. The number of fused-ring (bicyclic) bond motifs is 1. The maximum absolute atomic E-state index is 12.7. The van der Waals surface area contributed by atoms with Crippen LogP contribution < -0.4 is 0 Å². The average Bonchev–Trinajstić information content (AvgIpc) is 2.85. The van der Waals surface area contributed by atoms with Crippen LogP contribution in [-0.4, -0.2) is 33.7 Å². The van der Waals surface area contributed by atoms with Crippen LogP contribution in [0.2, 0.25) is 0 Å². The van der Waals surface area contributed by atoms with E-state index in [2.05, 4.69) is 13.8 Å². The topological polar surface area (TPSA) is 42.3 Å². The molecule has 1 aromatic carbocycles. The summed E-state index contributed by atoms with van der Waals surface area (Å²) >= 11 is 0. The summed E-state index contributed by atoms with van der Waals surface area (Å²) in [5.41, 5.74) is 1.58. The molecule has 3 rings (SSSR count). The summed E-state index contributed by atoms with van der Waals surface area (Å²) in [7, 11) is 0. The number of rotatable bonds is 3. The van der Waals surface area contributed by atoms with Crippen LogP contribution in [0.1, 0.15) is 43.5 Å². The third-order valence-corrected chi connectivity index (χ3v) is 4.73. The van der Waals surface area contributed by atoms with Crippen LogP contribution in [0.4, 0.5) is 0 Å². The van der Waals surface area contributed by atoms with Crippen LogP contribution in [0.15, 0.2) is 30.5 Å². The van der Waals surface area contributed by atoms with E-state index < -0.39 is 0 Å². The molecule has 0 radical (unpaired) electrons. The van der Waals surface area contributed by atoms with E-state index in [-0.39, 0.29) is 5.91 Å². The van der Waals surface area contributed by atoms with Crippen LogP contribution in [0.25, 0.3) is 10.9 Å². The largest absolute Gasteiger partial charge is 0.337 e. The van der Waals surface area contributed by atoms with E-state index >= 15 is 0 Å². The molecule has 1 amide bonds. The molecule has 4 nitrogen and oxygen atoms in total. The predicted octanol–water partition coefficient (Wildman–Crippen LogP) is 3.24. The van der Waals surface area contributed by atoms with Crippen LogP contribution in [0.5, 0.6) is 0 Å². The summed E-state index contributed by atoms with van der Waals surface area (Å²) in [4.78, 5) is 26.0. The van der Waals surface area contributed by atoms with Gasteiger partial charge < -0.3 is 9.47 Å². The Balaban J connectivity index is 1.89. The van der Waals surface area contributed by atoms with E-state index in [1.54, 1.807) is 6.20 Å². The minimum Gasteiger partial charge on any atom is -0.337 e. The zero-order valence-electron chi connectivity index (χ0n) is 13.2. The van der Waals surface area contributed by atoms with Crippen LogP contribution in [-0.2, 0) is 11.3 Å². The molecule has 2 atom stereocenters. The molecule has 0 aliphatic carbocycles. The lowest BCUT2D eigenvalue weighted by Crippen LogP contribution is -2.48. The highest BCUT2D eigenvalue weighted by Crippen LogP contribution is 2.24. The van der Waals surface area contributed by atoms with Crippen molar-refractivity contribution in [2.24, 2.45) is 0 Å². The van der Waals surface area contributed by atoms with Crippen molar-refractivity contribution in [1.29, 1.82) is 0 Å². The van der Waals surface area contributed by atoms with Gasteiger partial charge in [-0.05, 0) is 39.2 Å². The highest BCUT2D eigenvalue weighted by molar-refractivity contribution is 5.98. The minimum atomic E-state index is 0.137. The Morgan fingerprint density at radius 1 is 1.23 bits per heavy atom. The number of hydrogen-bond acceptors (Lipinski definition) is 2. The van der Waals surface area contributed by atoms with Gasteiger partial charge in [-0.1, -0.05) is 18.2 Å². The number of piperidine rings is 1. The maximum Gasteiger partial charge on any atom is 0.242 e. The number of nitrogens with zero attached hydrogens (tertiary/aromatic N) is 2. The molecule has 0 N–H and O–H groups in total. The molecule has 1 aromatic heterocycles. The van der Waals surface area contributed by atoms with Crippen LogP contribution in [0, 0.1) is 0 Å². The van der Waals surface area contributed by atoms with Crippen molar-refractivity contribution in [2.75, 3.05) is 0 Å². The minimum absolute atomic E-state index is 0.137. The molecule has 0 spiro atoms. The molecule has 1 aliphatic heterocycles. The van der Waals surface area contributed by atoms with Crippen molar-refractivity contribution >= 4 is 23.1 Å². The first-order chi connectivity index (χ1) is 10.6. The summed E-state index contributed by atoms with van der Waals surface area (Å²) in [5, 5.41) is 0.907. The van der Waals surface area contributed by atoms with Gasteiger partial charge in [-0.3, -0.25) is 9.59 Å². The summed E-state index contributed by atoms with van der Waals surface area (Å²) in [5.74, 6) is 0.137. The lowest BCUT2D eigenvalue weighted by Gasteiger charge is -2.39. The first-order valence-electron chi connectivity index (χ1n) is 7.96. The monoisotopic (exact) mass is 298 g/mol. The fourth-order valence-electron chi connectivity index (χ4n) is 3.64. The molecule has 22 heavy (non-hydrogen) atoms. The van der Waals surface area contributed by atoms with Crippen molar-refractivity contribution in [2.45, 2.75) is 51.7 Å². The van der Waals surface area contributed by atoms with Crippen LogP contribution >= 0.6 is 0 Å². The standard InChI is InChI=1S/C18H22N2O2/c1-13-6-5-7-14(2)20(13)18(22)11-19-10-15(12-21)16-8-3-4-9-17(16)19/h3-4,8-10,12-14H,5-7,11H2,1-2H3/t13-,14+. The second kappa shape index (κ2) is 5.95. The molecule has 2 heterocycles. The fraction of sp³-hybridized carbons (Fsp3) is 0.444. The number of aromatic nitrogens is 1. The van der Waals surface area contributed by atoms with Gasteiger partial charge in [-0.2, -0.15) is 0 Å². The molecule has 0 saturated carbocycles. The second-order valence-corrected chi connectivity index (χ2v) is 6.28. The van der Waals surface area contributed by atoms with Gasteiger partial charge >= 0.3 is 0 Å². The zero-order valence-corrected chi connectivity index (χ0v) is 13.2. The highest BCUT2D eigenvalue weighted by Gasteiger charge is 2.29. The van der Waals surface area contributed by atoms with Gasteiger partial charge in [0.2, 0.25) is 5.91 Å². The second-order valence-electron chi connectivity index (χ2n) is 6.28. The summed E-state index contributed by atoms with van der Waals surface area (Å²) in [6, 6.07) is 8.32. The van der Waals surface area contributed by atoms with E-state index in [0.29, 0.717) is 24.2 Å². The number of aldehydes is 1. The van der Waals surface area contributed by atoms with Gasteiger partial charge in [0.1, 0.15) is 6.54 Å². The van der Waals surface area contributed by atoms with E-state index in [1.165, 1.54) is 6.42 Å². The lowest BCUT2D eigenvalue weighted by molar-refractivity contribution is -0.137. The molecule has 0 unspecified atom stereocenters. The van der Waals surface area contributed by atoms with Crippen molar-refractivity contribution in [3.63, 3.8) is 0 Å². The Morgan fingerprint density at radius 2 is 1.91 bits per heavy atom. The molecular weight excluding hydrogens is 276 g/mol. The number of benzene rings is 1. The third-order valence-electron chi connectivity index (χ3n) is 4.73. The number of para-hydroxylation sites is 1. The smallest absolute Gasteiger partial charge is 0.242 e. The van der Waals surface area contributed by atoms with Gasteiger partial charge in [0.25, 0.3) is 0 Å². The Kier molecular flexibility index (Phi) is 4.01. The third kappa shape index (κ3) is 2.54. The maximum atomic E-state index is 12.7. The first kappa shape index (κ1) is 14.8. The molecule has 0 bridgehead atoms. The molecule has 1 aliphatic rings. The lowest BCUT2D eigenvalue weighted by atomic mass is 9.97. The predicted molar refractivity (Wildman–Crippen MR) is 86.9 cm³/mol. The van der Waals surface area contributed by atoms with E-state index in [4.69, 9.17) is 0 Å². The van der Waals surface area contributed by atoms with Crippen molar-refractivity contribution in [3.05, 3.63) is 36.0 Å². The average molecular weight is 298 g/mol. The summed E-state index contributed by atoms with van der Waals surface area (Å²) in [6.45, 7) is 4.54. The van der Waals surface area contributed by atoms with Crippen LogP contribution in [0.3, 0.4) is 0 Å². The van der Waals surface area contributed by atoms with Gasteiger partial charge in [-0.25, -0.2) is 0 Å². The molecule has 4 heteroatoms. The summed E-state index contributed by atoms with van der Waals surface area (Å²) in [6.07, 6.45) is 5.97. The van der Waals surface area contributed by atoms with Gasteiger partial charge in [0.05, 0.1) is 0 Å². The molecule has 2 aromatic rings. The van der Waals surface area contributed by atoms with E-state index in [9.17, 15) is 9.59 Å². The quantitative estimate of drug-likeness (QED) is 0.816. The van der Waals surface area contributed by atoms with Crippen molar-refractivity contribution < 1.29 is 9.59 Å². The normalized spacial score (nSPS) is 22.0. The molecule has 116 valence electrons. The number of amides is 1. The van der Waals surface area contributed by atoms with E-state index in [1.807, 2.05) is 33.7 Å². The Hall–Kier alpha value is -2.10. The summed E-state index contributed by atoms with van der Waals surface area (Å²) < 4.78 is 1.90. The van der Waals surface area contributed by atoms with Crippen molar-refractivity contribution in [1.82, 2.24) is 9.47 Å². The van der Waals surface area contributed by atoms with Crippen molar-refractivity contribution in [3.8, 4) is 0 Å². The van der Waals surface area contributed by atoms with Gasteiger partial charge in [-0.15, -0.1) is 0 Å². The number of carbonyl (C=O) groups excluding carboxylic acids is 2. The number of likely N-dealkylation sites (tertiary alicyclic amines) is 1. The van der Waals surface area contributed by atoms with Gasteiger partial charge in [0, 0.05) is 34.7 Å². The molecule has 1 saturated heterocycles. The zero-order chi connectivity index (χ0) is 15.7.